The molecule has 4 rings (SSSR count). The lowest BCUT2D eigenvalue weighted by Gasteiger charge is -2.36. The summed E-state index contributed by atoms with van der Waals surface area (Å²) in [4.78, 5) is 42.9. The van der Waals surface area contributed by atoms with Gasteiger partial charge in [0.1, 0.15) is 0 Å². The Hall–Kier alpha value is -3.48. The van der Waals surface area contributed by atoms with Crippen molar-refractivity contribution in [3.05, 3.63) is 92.2 Å². The molecule has 45 heavy (non-hydrogen) atoms. The molecular weight excluding hydrogens is 666 g/mol. The van der Waals surface area contributed by atoms with Crippen molar-refractivity contribution in [2.45, 2.75) is 25.2 Å². The highest BCUT2D eigenvalue weighted by Gasteiger charge is 2.41. The van der Waals surface area contributed by atoms with Crippen LogP contribution in [0.2, 0.25) is 10.0 Å². The van der Waals surface area contributed by atoms with E-state index in [1.54, 1.807) is 11.0 Å². The van der Waals surface area contributed by atoms with Gasteiger partial charge in [-0.05, 0) is 30.5 Å². The van der Waals surface area contributed by atoms with Crippen molar-refractivity contribution in [2.75, 3.05) is 39.3 Å². The normalized spacial score (nSPS) is 16.7. The highest BCUT2D eigenvalue weighted by molar-refractivity contribution is 6.36. The maximum Gasteiger partial charge on any atom is 0.334 e. The first-order valence-corrected chi connectivity index (χ1v) is 14.6. The molecule has 15 heteroatoms. The fraction of sp³-hybridized carbons (Fsp3) is 0.333. The number of guanidine groups is 1. The first kappa shape index (κ1) is 37.7. The van der Waals surface area contributed by atoms with Crippen LogP contribution in [0, 0.1) is 5.41 Å². The Morgan fingerprint density at radius 1 is 0.889 bits per heavy atom. The molecule has 11 nitrogen and oxygen atoms in total. The van der Waals surface area contributed by atoms with E-state index in [2.05, 4.69) is 15.5 Å². The van der Waals surface area contributed by atoms with Crippen LogP contribution >= 0.6 is 48.0 Å². The maximum absolute atomic E-state index is 13.5. The molecule has 0 aromatic heterocycles. The Morgan fingerprint density at radius 2 is 1.47 bits per heavy atom. The number of carboxylic acids is 2. The fourth-order valence-electron chi connectivity index (χ4n) is 5.47. The van der Waals surface area contributed by atoms with Gasteiger partial charge in [0.05, 0.1) is 23.5 Å². The number of carbonyl (C=O) groups is 3. The second-order valence-electron chi connectivity index (χ2n) is 10.3. The average molecular weight is 702 g/mol. The summed E-state index contributed by atoms with van der Waals surface area (Å²) in [6, 6.07) is 14.2. The van der Waals surface area contributed by atoms with Gasteiger partial charge in [-0.1, -0.05) is 59.6 Å². The predicted molar refractivity (Wildman–Crippen MR) is 178 cm³/mol. The summed E-state index contributed by atoms with van der Waals surface area (Å²) in [6.45, 7) is 3.25. The molecule has 2 aromatic carbocycles. The monoisotopic (exact) mass is 700 g/mol. The van der Waals surface area contributed by atoms with Gasteiger partial charge in [-0.3, -0.25) is 15.1 Å². The van der Waals surface area contributed by atoms with Crippen LogP contribution in [0.3, 0.4) is 0 Å². The topological polar surface area (TPSA) is 172 Å². The summed E-state index contributed by atoms with van der Waals surface area (Å²) in [6.07, 6.45) is 0.461. The minimum Gasteiger partial charge on any atom is -0.478 e. The Labute approximate surface area is 283 Å². The van der Waals surface area contributed by atoms with Crippen LogP contribution in [-0.4, -0.2) is 83.1 Å². The third-order valence-electron chi connectivity index (χ3n) is 7.58. The molecule has 1 fully saturated rings. The van der Waals surface area contributed by atoms with Crippen molar-refractivity contribution < 1.29 is 24.6 Å². The smallest absolute Gasteiger partial charge is 0.334 e. The number of aryl methyl sites for hydroxylation is 1. The number of amides is 1. The zero-order chi connectivity index (χ0) is 31.1. The molecule has 1 saturated heterocycles. The third kappa shape index (κ3) is 9.51. The van der Waals surface area contributed by atoms with E-state index in [-0.39, 0.29) is 82.0 Å². The molecule has 1 amide bonds. The lowest BCUT2D eigenvalue weighted by atomic mass is 9.78. The van der Waals surface area contributed by atoms with Crippen LogP contribution in [0.5, 0.6) is 0 Å². The highest BCUT2D eigenvalue weighted by atomic mass is 35.5. The summed E-state index contributed by atoms with van der Waals surface area (Å²) in [7, 11) is 0. The quantitative estimate of drug-likeness (QED) is 0.150. The summed E-state index contributed by atoms with van der Waals surface area (Å²) in [5.41, 5.74) is 6.43. The van der Waals surface area contributed by atoms with E-state index in [1.165, 1.54) is 12.1 Å². The lowest BCUT2D eigenvalue weighted by Crippen LogP contribution is -2.50. The molecule has 7 N–H and O–H groups in total. The number of carbonyl (C=O) groups excluding carboxylic acids is 1. The van der Waals surface area contributed by atoms with E-state index >= 15 is 0 Å². The molecule has 0 aliphatic carbocycles. The Kier molecular flexibility index (Phi) is 14.5. The third-order valence-corrected chi connectivity index (χ3v) is 8.24. The van der Waals surface area contributed by atoms with Crippen molar-refractivity contribution in [2.24, 2.45) is 5.73 Å². The van der Waals surface area contributed by atoms with Gasteiger partial charge >= 0.3 is 11.9 Å². The molecule has 244 valence electrons. The molecule has 1 atom stereocenters. The largest absolute Gasteiger partial charge is 0.478 e. The van der Waals surface area contributed by atoms with Crippen molar-refractivity contribution in [3.63, 3.8) is 0 Å². The van der Waals surface area contributed by atoms with E-state index in [9.17, 15) is 24.6 Å². The molecule has 2 aromatic rings. The molecule has 1 unspecified atom stereocenters. The van der Waals surface area contributed by atoms with Crippen LogP contribution in [0.1, 0.15) is 29.9 Å². The van der Waals surface area contributed by atoms with E-state index in [4.69, 9.17) is 34.3 Å². The summed E-state index contributed by atoms with van der Waals surface area (Å²) >= 11 is 13.1. The molecule has 0 radical (unpaired) electrons. The Balaban J connectivity index is 0.00000353. The van der Waals surface area contributed by atoms with Crippen LogP contribution < -0.4 is 16.4 Å². The van der Waals surface area contributed by atoms with Gasteiger partial charge in [-0.15, -0.1) is 24.8 Å². The van der Waals surface area contributed by atoms with Gasteiger partial charge < -0.3 is 31.5 Å². The predicted octanol–water partition coefficient (Wildman–Crippen LogP) is 3.85. The van der Waals surface area contributed by atoms with Crippen molar-refractivity contribution in [1.29, 1.82) is 5.41 Å². The van der Waals surface area contributed by atoms with Crippen LogP contribution in [0.15, 0.2) is 71.1 Å². The number of aliphatic carboxylic acids is 2. The SMILES string of the molecule is Cl.Cl.N=C(N)NCCN1CCN(C(=O)CC2=C(C(=O)O)C(c3c(Cl)cccc3Cl)C(C(=O)O)=C(CCc3ccccc3)N2)CC1. The second kappa shape index (κ2) is 17.3. The fourth-order valence-corrected chi connectivity index (χ4v) is 6.09. The van der Waals surface area contributed by atoms with E-state index in [1.807, 2.05) is 30.3 Å². The van der Waals surface area contributed by atoms with E-state index < -0.39 is 17.9 Å². The van der Waals surface area contributed by atoms with E-state index in [0.717, 1.165) is 5.56 Å². The number of dihydropyridines is 1. The van der Waals surface area contributed by atoms with Crippen LogP contribution in [0.4, 0.5) is 0 Å². The molecule has 0 bridgehead atoms. The maximum atomic E-state index is 13.5. The van der Waals surface area contributed by atoms with Crippen LogP contribution in [0.25, 0.3) is 0 Å². The van der Waals surface area contributed by atoms with Crippen LogP contribution in [-0.2, 0) is 20.8 Å². The number of nitrogens with one attached hydrogen (secondary N) is 3. The van der Waals surface area contributed by atoms with Gasteiger partial charge in [-0.2, -0.15) is 0 Å². The number of hydrogen-bond acceptors (Lipinski definition) is 6. The van der Waals surface area contributed by atoms with E-state index in [0.29, 0.717) is 51.4 Å². The molecule has 0 saturated carbocycles. The number of halogens is 4. The minimum atomic E-state index is -1.38. The zero-order valence-electron chi connectivity index (χ0n) is 24.2. The van der Waals surface area contributed by atoms with Crippen molar-refractivity contribution >= 4 is 71.8 Å². The average Bonchev–Trinajstić information content (AvgIpc) is 2.96. The Bertz CT molecular complexity index is 1440. The molecule has 0 spiro atoms. The second-order valence-corrected chi connectivity index (χ2v) is 11.1. The Morgan fingerprint density at radius 3 is 2.02 bits per heavy atom. The number of rotatable bonds is 11. The summed E-state index contributed by atoms with van der Waals surface area (Å²) in [5, 5.41) is 34.2. The number of piperazine rings is 1. The number of nitrogens with two attached hydrogens (primary N) is 1. The number of benzene rings is 2. The zero-order valence-corrected chi connectivity index (χ0v) is 27.4. The van der Waals surface area contributed by atoms with Gasteiger partial charge in [-0.25, -0.2) is 9.59 Å². The first-order valence-electron chi connectivity index (χ1n) is 13.8. The minimum absolute atomic E-state index is 0. The van der Waals surface area contributed by atoms with Crippen molar-refractivity contribution in [1.82, 2.24) is 20.4 Å². The molecule has 2 aliphatic heterocycles. The lowest BCUT2D eigenvalue weighted by molar-refractivity contribution is -0.133. The first-order chi connectivity index (χ1) is 20.6. The molecule has 2 aliphatic rings. The molecule has 2 heterocycles. The number of carboxylic acid groups (broad SMARTS) is 2. The number of hydrogen-bond donors (Lipinski definition) is 6. The summed E-state index contributed by atoms with van der Waals surface area (Å²) < 4.78 is 0. The number of allylic oxidation sites excluding steroid dienone is 1. The molecular formula is C30H36Cl4N6O5. The highest BCUT2D eigenvalue weighted by Crippen LogP contribution is 2.45. The van der Waals surface area contributed by atoms with Gasteiger partial charge in [0, 0.05) is 66.3 Å². The van der Waals surface area contributed by atoms with Crippen molar-refractivity contribution in [3.8, 4) is 0 Å². The summed E-state index contributed by atoms with van der Waals surface area (Å²) in [5.74, 6) is -4.38. The van der Waals surface area contributed by atoms with Gasteiger partial charge in [0.2, 0.25) is 5.91 Å². The standard InChI is InChI=1S/C30H34Cl2N6O5.2ClH/c31-19-7-4-8-20(32)24(19)27-25(28(40)41)21(10-9-18-5-2-1-3-6-18)36-22(26(27)29(42)43)17-23(39)38-15-13-37(14-16-38)12-11-35-30(33)34;;/h1-8,27,36H,9-17H2,(H,40,41)(H,42,43)(H4,33,34,35);2*1H. The number of nitrogens with zero attached hydrogens (tertiary/aromatic N) is 2. The van der Waals surface area contributed by atoms with Gasteiger partial charge in [0.25, 0.3) is 0 Å². The van der Waals surface area contributed by atoms with Gasteiger partial charge in [0.15, 0.2) is 5.96 Å².